The quantitative estimate of drug-likeness (QED) is 0.446. The van der Waals surface area contributed by atoms with Crippen molar-refractivity contribution in [2.24, 2.45) is 7.05 Å². The first-order valence-corrected chi connectivity index (χ1v) is 12.4. The van der Waals surface area contributed by atoms with Gasteiger partial charge in [0.2, 0.25) is 0 Å². The minimum absolute atomic E-state index is 0.0447. The largest absolute Gasteiger partial charge is 0.337 e. The van der Waals surface area contributed by atoms with E-state index in [0.717, 1.165) is 28.7 Å². The van der Waals surface area contributed by atoms with Gasteiger partial charge in [-0.05, 0) is 50.1 Å². The van der Waals surface area contributed by atoms with Crippen LogP contribution in [0.25, 0.3) is 15.9 Å². The van der Waals surface area contributed by atoms with Gasteiger partial charge in [0.15, 0.2) is 0 Å². The van der Waals surface area contributed by atoms with E-state index in [1.165, 1.54) is 34.9 Å². The summed E-state index contributed by atoms with van der Waals surface area (Å²) in [5.74, 6) is -0.483. The molecule has 12 heteroatoms. The summed E-state index contributed by atoms with van der Waals surface area (Å²) in [5.41, 5.74) is -0.803. The van der Waals surface area contributed by atoms with Crippen LogP contribution < -0.4 is 16.0 Å². The van der Waals surface area contributed by atoms with E-state index in [2.05, 4.69) is 9.82 Å². The van der Waals surface area contributed by atoms with Crippen LogP contribution >= 0.6 is 11.3 Å². The molecule has 0 unspecified atom stereocenters. The van der Waals surface area contributed by atoms with E-state index >= 15 is 0 Å². The smallest absolute Gasteiger partial charge is 0.275 e. The monoisotopic (exact) mass is 489 g/mol. The van der Waals surface area contributed by atoms with E-state index in [0.29, 0.717) is 11.3 Å². The number of hydrogen-bond donors (Lipinski definition) is 1. The predicted octanol–water partition coefficient (Wildman–Crippen LogP) is 1.97. The summed E-state index contributed by atoms with van der Waals surface area (Å²) < 4.78 is 45.9. The Morgan fingerprint density at radius 3 is 2.52 bits per heavy atom. The third-order valence-electron chi connectivity index (χ3n) is 5.62. The van der Waals surface area contributed by atoms with Gasteiger partial charge in [0, 0.05) is 24.3 Å². The van der Waals surface area contributed by atoms with E-state index in [9.17, 15) is 22.4 Å². The van der Waals surface area contributed by atoms with Gasteiger partial charge >= 0.3 is 5.69 Å². The van der Waals surface area contributed by atoms with Crippen LogP contribution in [0.1, 0.15) is 25.3 Å². The number of fused-ring (bicyclic) bond motifs is 1. The molecule has 4 aromatic rings. The molecule has 0 radical (unpaired) electrons. The number of nitrogens with one attached hydrogen (secondary N) is 1. The third-order valence-corrected chi connectivity index (χ3v) is 8.85. The molecule has 172 valence electrons. The van der Waals surface area contributed by atoms with E-state index in [1.54, 1.807) is 24.1 Å². The van der Waals surface area contributed by atoms with Crippen molar-refractivity contribution in [3.05, 3.63) is 74.9 Å². The fraction of sp³-hybridized carbons (Fsp3) is 0.286. The van der Waals surface area contributed by atoms with Crippen molar-refractivity contribution in [1.29, 1.82) is 0 Å². The molecule has 5 rings (SSSR count). The van der Waals surface area contributed by atoms with Crippen LogP contribution in [0.15, 0.2) is 56.5 Å². The highest BCUT2D eigenvalue weighted by Crippen LogP contribution is 2.37. The van der Waals surface area contributed by atoms with Crippen molar-refractivity contribution in [3.8, 4) is 5.69 Å². The number of sulfonamides is 1. The molecule has 0 amide bonds. The molecule has 1 fully saturated rings. The third kappa shape index (κ3) is 3.94. The SMILES string of the molecule is Cn1cc(Cn2c(=O)c3cc(S(=O)(=O)NC4(C)CC4)sc3n(-c3ccc(F)cc3)c2=O)cn1. The van der Waals surface area contributed by atoms with Crippen molar-refractivity contribution < 1.29 is 12.8 Å². The molecule has 1 aliphatic carbocycles. The lowest BCUT2D eigenvalue weighted by atomic mass is 10.3. The second-order valence-electron chi connectivity index (χ2n) is 8.46. The summed E-state index contributed by atoms with van der Waals surface area (Å²) >= 11 is 0.835. The van der Waals surface area contributed by atoms with E-state index in [4.69, 9.17) is 0 Å². The second-order valence-corrected chi connectivity index (χ2v) is 11.4. The minimum Gasteiger partial charge on any atom is -0.275 e. The van der Waals surface area contributed by atoms with Gasteiger partial charge in [0.05, 0.1) is 23.8 Å². The molecule has 0 bridgehead atoms. The van der Waals surface area contributed by atoms with E-state index < -0.39 is 32.6 Å². The average molecular weight is 490 g/mol. The first-order valence-electron chi connectivity index (χ1n) is 10.1. The Kier molecular flexibility index (Phi) is 4.92. The van der Waals surface area contributed by atoms with Crippen molar-refractivity contribution in [2.45, 2.75) is 36.1 Å². The zero-order chi connectivity index (χ0) is 23.5. The van der Waals surface area contributed by atoms with Crippen LogP contribution in [0.2, 0.25) is 0 Å². The van der Waals surface area contributed by atoms with Gasteiger partial charge in [0.1, 0.15) is 14.9 Å². The molecule has 0 saturated heterocycles. The minimum atomic E-state index is -3.89. The first-order chi connectivity index (χ1) is 15.6. The summed E-state index contributed by atoms with van der Waals surface area (Å²) in [5, 5.41) is 4.16. The Balaban J connectivity index is 1.75. The van der Waals surface area contributed by atoms with Gasteiger partial charge in [-0.3, -0.25) is 18.6 Å². The Hall–Kier alpha value is -3.09. The molecule has 0 spiro atoms. The van der Waals surface area contributed by atoms with Crippen LogP contribution in [0.5, 0.6) is 0 Å². The van der Waals surface area contributed by atoms with Crippen LogP contribution in [0.4, 0.5) is 4.39 Å². The van der Waals surface area contributed by atoms with E-state index in [-0.39, 0.29) is 21.0 Å². The lowest BCUT2D eigenvalue weighted by Gasteiger charge is -2.11. The van der Waals surface area contributed by atoms with Gasteiger partial charge in [-0.25, -0.2) is 22.3 Å². The lowest BCUT2D eigenvalue weighted by Crippen LogP contribution is -2.39. The van der Waals surface area contributed by atoms with Crippen molar-refractivity contribution in [2.75, 3.05) is 0 Å². The Morgan fingerprint density at radius 2 is 1.91 bits per heavy atom. The number of benzene rings is 1. The van der Waals surface area contributed by atoms with Crippen molar-refractivity contribution >= 4 is 31.6 Å². The van der Waals surface area contributed by atoms with Crippen LogP contribution in [-0.2, 0) is 23.6 Å². The molecule has 3 heterocycles. The highest BCUT2D eigenvalue weighted by atomic mass is 32.2. The van der Waals surface area contributed by atoms with Crippen LogP contribution in [0.3, 0.4) is 0 Å². The van der Waals surface area contributed by atoms with Crippen molar-refractivity contribution in [3.63, 3.8) is 0 Å². The molecule has 9 nitrogen and oxygen atoms in total. The summed E-state index contributed by atoms with van der Waals surface area (Å²) in [6.07, 6.45) is 4.69. The number of nitrogens with zero attached hydrogens (tertiary/aromatic N) is 4. The molecular weight excluding hydrogens is 469 g/mol. The summed E-state index contributed by atoms with van der Waals surface area (Å²) in [6.45, 7) is 1.77. The van der Waals surface area contributed by atoms with Gasteiger partial charge in [-0.1, -0.05) is 0 Å². The highest BCUT2D eigenvalue weighted by Gasteiger charge is 2.41. The highest BCUT2D eigenvalue weighted by molar-refractivity contribution is 7.91. The van der Waals surface area contributed by atoms with Crippen molar-refractivity contribution in [1.82, 2.24) is 23.6 Å². The number of halogens is 1. The van der Waals surface area contributed by atoms with Gasteiger partial charge in [-0.2, -0.15) is 5.10 Å². The Morgan fingerprint density at radius 1 is 1.21 bits per heavy atom. The Labute approximate surface area is 191 Å². The predicted molar refractivity (Wildman–Crippen MR) is 122 cm³/mol. The van der Waals surface area contributed by atoms with Gasteiger partial charge < -0.3 is 0 Å². The summed E-state index contributed by atoms with van der Waals surface area (Å²) in [7, 11) is -2.17. The maximum Gasteiger partial charge on any atom is 0.337 e. The van der Waals surface area contributed by atoms with Crippen LogP contribution in [0, 0.1) is 5.82 Å². The molecular formula is C21H20FN5O4S2. The number of rotatable bonds is 6. The number of aryl methyl sites for hydroxylation is 1. The normalized spacial score (nSPS) is 15.2. The number of thiophene rings is 1. The molecule has 1 aromatic carbocycles. The van der Waals surface area contributed by atoms with Gasteiger partial charge in [0.25, 0.3) is 15.6 Å². The molecule has 1 aliphatic rings. The zero-order valence-corrected chi connectivity index (χ0v) is 19.4. The van der Waals surface area contributed by atoms with Gasteiger partial charge in [-0.15, -0.1) is 11.3 Å². The molecule has 0 atom stereocenters. The number of hydrogen-bond acceptors (Lipinski definition) is 6. The molecule has 3 aromatic heterocycles. The Bertz CT molecular complexity index is 1610. The summed E-state index contributed by atoms with van der Waals surface area (Å²) in [4.78, 5) is 26.9. The summed E-state index contributed by atoms with van der Waals surface area (Å²) in [6, 6.07) is 6.52. The maximum atomic E-state index is 13.5. The average Bonchev–Trinajstić information content (AvgIpc) is 3.13. The standard InChI is InChI=1S/C21H20FN5O4S2/c1-21(7-8-21)24-33(30,31)17-9-16-18(28)26(12-13-10-23-25(2)11-13)20(29)27(19(16)32-17)15-5-3-14(22)4-6-15/h3-6,9-11,24H,7-8,12H2,1-2H3. The lowest BCUT2D eigenvalue weighted by molar-refractivity contribution is 0.560. The van der Waals surface area contributed by atoms with Crippen LogP contribution in [-0.4, -0.2) is 32.9 Å². The fourth-order valence-corrected chi connectivity index (χ4v) is 6.53. The van der Waals surface area contributed by atoms with E-state index in [1.807, 2.05) is 6.92 Å². The zero-order valence-electron chi connectivity index (χ0n) is 17.8. The molecule has 1 saturated carbocycles. The molecule has 1 N–H and O–H groups in total. The number of aromatic nitrogens is 4. The topological polar surface area (TPSA) is 108 Å². The molecule has 33 heavy (non-hydrogen) atoms. The molecule has 0 aliphatic heterocycles. The second kappa shape index (κ2) is 7.47. The first kappa shape index (κ1) is 21.7. The fourth-order valence-electron chi connectivity index (χ4n) is 3.61. The maximum absolute atomic E-state index is 13.5.